The van der Waals surface area contributed by atoms with Crippen LogP contribution in [0.25, 0.3) is 0 Å². The van der Waals surface area contributed by atoms with E-state index in [0.29, 0.717) is 39.9 Å². The first-order valence-electron chi connectivity index (χ1n) is 35.7. The van der Waals surface area contributed by atoms with Gasteiger partial charge in [-0.1, -0.05) is 55.5 Å². The lowest BCUT2D eigenvalue weighted by molar-refractivity contribution is -0.0344. The Morgan fingerprint density at radius 3 is 1.16 bits per heavy atom. The van der Waals surface area contributed by atoms with Gasteiger partial charge in [-0.25, -0.2) is 41.1 Å². The maximum Gasteiger partial charge on any atom is 0.407 e. The van der Waals surface area contributed by atoms with E-state index in [2.05, 4.69) is 45.8 Å². The van der Waals surface area contributed by atoms with E-state index in [1.807, 2.05) is 25.1 Å². The van der Waals surface area contributed by atoms with Crippen LogP contribution in [0.5, 0.6) is 0 Å². The summed E-state index contributed by atoms with van der Waals surface area (Å²) in [5.74, 6) is -3.26. The van der Waals surface area contributed by atoms with Gasteiger partial charge in [-0.15, -0.1) is 0 Å². The van der Waals surface area contributed by atoms with Gasteiger partial charge in [-0.3, -0.25) is 24.5 Å². The number of hydrogen-bond acceptors (Lipinski definition) is 19. The molecule has 6 aliphatic rings. The molecule has 3 amide bonds. The zero-order chi connectivity index (χ0) is 76.9. The number of aromatic carboxylic acids is 1. The molecule has 0 unspecified atom stereocenters. The minimum atomic E-state index is -1.21. The molecule has 28 heteroatoms. The molecular weight excluding hydrogens is 1370 g/mol. The van der Waals surface area contributed by atoms with Gasteiger partial charge in [0.2, 0.25) is 0 Å². The average molecular weight is 1470 g/mol. The lowest BCUT2D eigenvalue weighted by atomic mass is 10.0. The van der Waals surface area contributed by atoms with E-state index < -0.39 is 52.7 Å². The molecule has 6 fully saturated rings. The molecular formula is C77H108F5N11O12. The molecule has 6 heterocycles. The highest BCUT2D eigenvalue weighted by Gasteiger charge is 2.34. The molecule has 105 heavy (non-hydrogen) atoms. The number of hydrogen-bond donors (Lipinski definition) is 7. The SMILES string of the molecule is C1CN(C2CNC2)CCO1.CC(C)(C)OC(=O)NCc1ccc(CN2CC(N3CCOCC3)C2)cc1F.CC(C)(C)OC(=O)NCc1ccc(CO)cc1F.CCc1ccc(CNC(=O)OC(C)(C)C)c(F)c1.N#Cc1ccc(C(=O)O)cc1F.NCc1ccc(CN2CC(N3CCOCC3)C2)cc1F. The first kappa shape index (κ1) is 86.0. The Kier molecular flexibility index (Phi) is 34.8. The predicted molar refractivity (Wildman–Crippen MR) is 388 cm³/mol. The third-order valence-corrected chi connectivity index (χ3v) is 17.2. The monoisotopic (exact) mass is 1470 g/mol. The van der Waals surface area contributed by atoms with Crippen LogP contribution in [0.3, 0.4) is 0 Å². The minimum absolute atomic E-state index is 0.0481. The molecule has 0 aliphatic carbocycles. The second-order valence-electron chi connectivity index (χ2n) is 29.0. The van der Waals surface area contributed by atoms with Crippen molar-refractivity contribution in [3.05, 3.63) is 176 Å². The molecule has 11 rings (SSSR count). The topological polar surface area (TPSA) is 278 Å². The van der Waals surface area contributed by atoms with Crippen molar-refractivity contribution in [3.8, 4) is 6.07 Å². The number of halogens is 5. The number of aliphatic hydroxyl groups is 1. The highest BCUT2D eigenvalue weighted by Crippen LogP contribution is 2.24. The number of amides is 3. The van der Waals surface area contributed by atoms with Crippen molar-refractivity contribution in [3.63, 3.8) is 0 Å². The van der Waals surface area contributed by atoms with Gasteiger partial charge in [0.05, 0.1) is 57.4 Å². The van der Waals surface area contributed by atoms with Crippen LogP contribution in [-0.4, -0.2) is 212 Å². The highest BCUT2D eigenvalue weighted by atomic mass is 19.1. The number of nitrogens with one attached hydrogen (secondary N) is 4. The Bertz CT molecular complexity index is 3510. The predicted octanol–water partition coefficient (Wildman–Crippen LogP) is 9.61. The quantitative estimate of drug-likeness (QED) is 0.0337. The number of nitrogens with two attached hydrogens (primary N) is 1. The number of morpholine rings is 3. The molecule has 0 aromatic heterocycles. The number of carbonyl (C=O) groups is 4. The summed E-state index contributed by atoms with van der Waals surface area (Å²) >= 11 is 0. The summed E-state index contributed by atoms with van der Waals surface area (Å²) in [7, 11) is 0. The Morgan fingerprint density at radius 2 is 0.857 bits per heavy atom. The molecule has 5 aromatic rings. The third-order valence-electron chi connectivity index (χ3n) is 17.2. The van der Waals surface area contributed by atoms with Crippen LogP contribution in [-0.2, 0) is 80.7 Å². The Balaban J connectivity index is 0.000000203. The Morgan fingerprint density at radius 1 is 0.514 bits per heavy atom. The lowest BCUT2D eigenvalue weighted by Gasteiger charge is -2.46. The van der Waals surface area contributed by atoms with E-state index in [1.165, 1.54) is 37.4 Å². The number of aryl methyl sites for hydroxylation is 1. The first-order valence-corrected chi connectivity index (χ1v) is 35.7. The summed E-state index contributed by atoms with van der Waals surface area (Å²) in [6.07, 6.45) is -0.883. The number of carboxylic acid groups (broad SMARTS) is 1. The number of rotatable bonds is 17. The van der Waals surface area contributed by atoms with E-state index in [-0.39, 0.29) is 61.4 Å². The van der Waals surface area contributed by atoms with E-state index in [9.17, 15) is 41.1 Å². The molecule has 8 N–H and O–H groups in total. The van der Waals surface area contributed by atoms with Crippen molar-refractivity contribution in [1.29, 1.82) is 5.26 Å². The van der Waals surface area contributed by atoms with Crippen LogP contribution >= 0.6 is 0 Å². The molecule has 0 radical (unpaired) electrons. The summed E-state index contributed by atoms with van der Waals surface area (Å²) in [6.45, 7) is 37.9. The molecule has 5 aromatic carbocycles. The van der Waals surface area contributed by atoms with Crippen molar-refractivity contribution in [2.75, 3.05) is 118 Å². The fourth-order valence-corrected chi connectivity index (χ4v) is 11.3. The smallest absolute Gasteiger partial charge is 0.407 e. The molecule has 6 aliphatic heterocycles. The highest BCUT2D eigenvalue weighted by molar-refractivity contribution is 5.87. The Hall–Kier alpha value is -7.92. The average Bonchev–Trinajstić information content (AvgIpc) is 0.817. The third kappa shape index (κ3) is 31.2. The van der Waals surface area contributed by atoms with E-state index in [4.69, 9.17) is 49.6 Å². The number of aliphatic hydroxyl groups excluding tert-OH is 1. The summed E-state index contributed by atoms with van der Waals surface area (Å²) in [6, 6.07) is 26.8. The van der Waals surface area contributed by atoms with Crippen molar-refractivity contribution in [1.82, 2.24) is 45.8 Å². The second-order valence-corrected chi connectivity index (χ2v) is 29.0. The van der Waals surface area contributed by atoms with Gasteiger partial charge in [-0.05, 0) is 133 Å². The van der Waals surface area contributed by atoms with Gasteiger partial charge in [0.1, 0.15) is 52.0 Å². The summed E-state index contributed by atoms with van der Waals surface area (Å²) in [5, 5.41) is 36.4. The lowest BCUT2D eigenvalue weighted by Crippen LogP contribution is -2.60. The summed E-state index contributed by atoms with van der Waals surface area (Å²) in [5.41, 5.74) is 8.73. The van der Waals surface area contributed by atoms with E-state index >= 15 is 0 Å². The molecule has 578 valence electrons. The van der Waals surface area contributed by atoms with Gasteiger partial charge in [-0.2, -0.15) is 5.26 Å². The number of carboxylic acids is 1. The van der Waals surface area contributed by atoms with Crippen LogP contribution in [0.15, 0.2) is 91.0 Å². The minimum Gasteiger partial charge on any atom is -0.478 e. The summed E-state index contributed by atoms with van der Waals surface area (Å²) in [4.78, 5) is 56.9. The van der Waals surface area contributed by atoms with Crippen LogP contribution in [0.1, 0.15) is 130 Å². The van der Waals surface area contributed by atoms with Gasteiger partial charge >= 0.3 is 24.2 Å². The van der Waals surface area contributed by atoms with Crippen LogP contribution in [0.2, 0.25) is 0 Å². The summed E-state index contributed by atoms with van der Waals surface area (Å²) < 4.78 is 99.2. The zero-order valence-electron chi connectivity index (χ0n) is 62.4. The standard InChI is InChI=1S/C20H30FN3O3.C15H22FN3O.C14H20FNO2.C13H18FNO3.C8H4FNO2.C7H14N2O/c1-20(2,3)27-19(25)22-11-16-5-4-15(10-18(16)21)12-23-13-17(14-23)24-6-8-26-9-7-24;16-15-7-12(1-2-13(15)8-17)9-18-10-14(11-18)19-3-5-20-6-4-19;1-5-10-6-7-11(12(15)8-10)9-16-13(17)18-14(2,3)4;1-13(2,3)18-12(17)15-7-10-5-4-9(8-16)6-11(10)14;9-7-3-5(8(11)12)1-2-6(7)4-10;1-3-10-4-2-9(1)7-5-8-6-7/h4-5,10,17H,6-9,11-14H2,1-3H3,(H,22,25);1-2,7,14H,3-6,8-11,17H2;6-8H,5,9H2,1-4H3,(H,16,17);4-6,16H,7-8H2,1-3H3,(H,15,17);1-3H,(H,11,12);7-8H,1-6H2. The van der Waals surface area contributed by atoms with Crippen LogP contribution in [0, 0.1) is 40.4 Å². The normalized spacial score (nSPS) is 16.9. The zero-order valence-corrected chi connectivity index (χ0v) is 62.4. The maximum absolute atomic E-state index is 14.3. The molecule has 23 nitrogen and oxygen atoms in total. The number of nitriles is 1. The molecule has 6 saturated heterocycles. The first-order chi connectivity index (χ1) is 49.8. The van der Waals surface area contributed by atoms with Gasteiger partial charge in [0.15, 0.2) is 0 Å². The van der Waals surface area contributed by atoms with Crippen molar-refractivity contribution >= 4 is 24.2 Å². The van der Waals surface area contributed by atoms with Crippen molar-refractivity contribution in [2.45, 2.75) is 156 Å². The largest absolute Gasteiger partial charge is 0.478 e. The van der Waals surface area contributed by atoms with Crippen LogP contribution < -0.4 is 27.0 Å². The molecule has 0 atom stereocenters. The Labute approximate surface area is 614 Å². The van der Waals surface area contributed by atoms with Crippen LogP contribution in [0.4, 0.5) is 36.3 Å². The molecule has 0 spiro atoms. The number of likely N-dealkylation sites (tertiary alicyclic amines) is 2. The number of benzene rings is 5. The van der Waals surface area contributed by atoms with Crippen molar-refractivity contribution < 1.29 is 79.8 Å². The fourth-order valence-electron chi connectivity index (χ4n) is 11.3. The number of alkyl carbamates (subject to hydrolysis) is 3. The number of ether oxygens (including phenoxy) is 6. The number of nitrogens with zero attached hydrogens (tertiary/aromatic N) is 6. The fraction of sp³-hybridized carbons (Fsp3) is 0.545. The van der Waals surface area contributed by atoms with E-state index in [1.54, 1.807) is 105 Å². The molecule has 0 bridgehead atoms. The van der Waals surface area contributed by atoms with Crippen molar-refractivity contribution in [2.24, 2.45) is 5.73 Å². The second kappa shape index (κ2) is 42.4. The van der Waals surface area contributed by atoms with Gasteiger partial charge in [0, 0.05) is 158 Å². The maximum atomic E-state index is 14.3. The van der Waals surface area contributed by atoms with Gasteiger partial charge < -0.3 is 65.6 Å². The number of carbonyl (C=O) groups excluding carboxylic acids is 3. The molecule has 0 saturated carbocycles. The van der Waals surface area contributed by atoms with E-state index in [0.717, 1.165) is 159 Å². The van der Waals surface area contributed by atoms with Gasteiger partial charge in [0.25, 0.3) is 0 Å².